The minimum atomic E-state index is -0.588. The Bertz CT molecular complexity index is 1200. The topological polar surface area (TPSA) is 82.2 Å². The molecule has 6 nitrogen and oxygen atoms in total. The Morgan fingerprint density at radius 2 is 1.93 bits per heavy atom. The van der Waals surface area contributed by atoms with Crippen molar-refractivity contribution in [2.45, 2.75) is 13.3 Å². The number of rotatable bonds is 5. The molecule has 2 aromatic heterocycles. The molecule has 0 aliphatic heterocycles. The van der Waals surface area contributed by atoms with E-state index < -0.39 is 6.09 Å². The molecule has 0 saturated heterocycles. The Labute approximate surface area is 173 Å². The normalized spacial score (nSPS) is 10.9. The van der Waals surface area contributed by atoms with E-state index in [2.05, 4.69) is 16.4 Å². The van der Waals surface area contributed by atoms with Crippen molar-refractivity contribution in [3.05, 3.63) is 83.8 Å². The Morgan fingerprint density at radius 3 is 2.67 bits per heavy atom. The largest absolute Gasteiger partial charge is 0.450 e. The first-order valence-corrected chi connectivity index (χ1v) is 9.52. The summed E-state index contributed by atoms with van der Waals surface area (Å²) in [5.74, 6) is 0.491. The van der Waals surface area contributed by atoms with E-state index in [-0.39, 0.29) is 18.2 Å². The molecular formula is C23H20FN4O2. The lowest BCUT2D eigenvalue weighted by Gasteiger charge is -2.13. The van der Waals surface area contributed by atoms with Gasteiger partial charge in [0, 0.05) is 23.6 Å². The average Bonchev–Trinajstić information content (AvgIpc) is 3.09. The fourth-order valence-corrected chi connectivity index (χ4v) is 3.28. The number of nitrogen functional groups attached to an aromatic ring is 1. The van der Waals surface area contributed by atoms with E-state index in [1.54, 1.807) is 31.2 Å². The van der Waals surface area contributed by atoms with E-state index >= 15 is 0 Å². The smallest absolute Gasteiger partial charge is 0.411 e. The van der Waals surface area contributed by atoms with Gasteiger partial charge < -0.3 is 10.5 Å². The molecule has 3 N–H and O–H groups in total. The van der Waals surface area contributed by atoms with Gasteiger partial charge in [0.05, 0.1) is 17.8 Å². The van der Waals surface area contributed by atoms with Crippen molar-refractivity contribution in [1.29, 1.82) is 0 Å². The highest BCUT2D eigenvalue weighted by atomic mass is 19.1. The van der Waals surface area contributed by atoms with Crippen LogP contribution in [0.1, 0.15) is 18.2 Å². The maximum atomic E-state index is 13.3. The third kappa shape index (κ3) is 3.96. The number of hydrogen-bond donors (Lipinski definition) is 2. The quantitative estimate of drug-likeness (QED) is 0.506. The number of nitrogens with two attached hydrogens (primary N) is 1. The van der Waals surface area contributed by atoms with Gasteiger partial charge in [0.25, 0.3) is 0 Å². The molecule has 30 heavy (non-hydrogen) atoms. The first-order valence-electron chi connectivity index (χ1n) is 9.52. The number of pyridine rings is 1. The summed E-state index contributed by atoms with van der Waals surface area (Å²) in [5.41, 5.74) is 9.20. The van der Waals surface area contributed by atoms with Gasteiger partial charge in [0.15, 0.2) is 0 Å². The molecule has 1 amide bonds. The Balaban J connectivity index is 1.75. The van der Waals surface area contributed by atoms with E-state index in [0.717, 1.165) is 22.2 Å². The van der Waals surface area contributed by atoms with E-state index in [0.29, 0.717) is 17.9 Å². The molecule has 0 aliphatic rings. The van der Waals surface area contributed by atoms with E-state index in [4.69, 9.17) is 10.5 Å². The summed E-state index contributed by atoms with van der Waals surface area (Å²) in [6, 6.07) is 21.1. The number of hydrogen-bond acceptors (Lipinski definition) is 4. The summed E-state index contributed by atoms with van der Waals surface area (Å²) < 4.78 is 20.1. The number of benzene rings is 2. The van der Waals surface area contributed by atoms with Crippen LogP contribution in [0.3, 0.4) is 0 Å². The second-order valence-electron chi connectivity index (χ2n) is 6.68. The van der Waals surface area contributed by atoms with Crippen LogP contribution in [0, 0.1) is 11.9 Å². The van der Waals surface area contributed by atoms with Gasteiger partial charge in [-0.3, -0.25) is 9.88 Å². The third-order valence-electron chi connectivity index (χ3n) is 4.63. The van der Waals surface area contributed by atoms with Crippen LogP contribution in [0.4, 0.5) is 20.7 Å². The minimum absolute atomic E-state index is 0.172. The molecule has 151 valence electrons. The summed E-state index contributed by atoms with van der Waals surface area (Å²) in [6.07, 6.45) is -0.0465. The Kier molecular flexibility index (Phi) is 5.34. The number of nitrogens with zero attached hydrogens (tertiary/aromatic N) is 2. The summed E-state index contributed by atoms with van der Waals surface area (Å²) in [6.45, 7) is 1.98. The van der Waals surface area contributed by atoms with Crippen molar-refractivity contribution in [2.75, 3.05) is 17.7 Å². The number of amides is 1. The number of halogens is 1. The van der Waals surface area contributed by atoms with Crippen LogP contribution in [-0.2, 0) is 11.2 Å². The van der Waals surface area contributed by atoms with Gasteiger partial charge in [0.1, 0.15) is 17.5 Å². The molecule has 0 unspecified atom stereocenters. The number of carbonyl (C=O) groups is 1. The van der Waals surface area contributed by atoms with Crippen molar-refractivity contribution < 1.29 is 13.9 Å². The molecule has 2 aromatic carbocycles. The molecule has 0 saturated carbocycles. The fourth-order valence-electron chi connectivity index (χ4n) is 3.28. The van der Waals surface area contributed by atoms with Gasteiger partial charge >= 0.3 is 6.09 Å². The molecule has 0 atom stereocenters. The molecule has 7 heteroatoms. The number of carbonyl (C=O) groups excluding carboxylic acids is 1. The SMILES string of the molecule is CCOC(=O)Nc1ccc(-n2c(Cc3ccc(F)cc3)[c]c3ccccc32)nc1N. The van der Waals surface area contributed by atoms with E-state index in [1.165, 1.54) is 12.1 Å². The van der Waals surface area contributed by atoms with Crippen molar-refractivity contribution >= 4 is 28.5 Å². The lowest BCUT2D eigenvalue weighted by Crippen LogP contribution is -2.15. The summed E-state index contributed by atoms with van der Waals surface area (Å²) >= 11 is 0. The Hall–Kier alpha value is -3.87. The number of fused-ring (bicyclic) bond motifs is 1. The van der Waals surface area contributed by atoms with Crippen LogP contribution in [0.2, 0.25) is 0 Å². The zero-order chi connectivity index (χ0) is 21.1. The monoisotopic (exact) mass is 403 g/mol. The first kappa shape index (κ1) is 19.4. The molecule has 0 spiro atoms. The molecule has 4 rings (SSSR count). The summed E-state index contributed by atoms with van der Waals surface area (Å²) in [7, 11) is 0. The second-order valence-corrected chi connectivity index (χ2v) is 6.68. The lowest BCUT2D eigenvalue weighted by molar-refractivity contribution is 0.168. The van der Waals surface area contributed by atoms with Crippen molar-refractivity contribution in [1.82, 2.24) is 9.55 Å². The summed E-state index contributed by atoms with van der Waals surface area (Å²) in [5, 5.41) is 3.51. The van der Waals surface area contributed by atoms with Gasteiger partial charge in [-0.1, -0.05) is 30.3 Å². The second kappa shape index (κ2) is 8.24. The number of aromatic nitrogens is 2. The zero-order valence-corrected chi connectivity index (χ0v) is 16.4. The van der Waals surface area contributed by atoms with E-state index in [1.807, 2.05) is 28.8 Å². The van der Waals surface area contributed by atoms with Crippen molar-refractivity contribution in [2.24, 2.45) is 0 Å². The molecule has 1 radical (unpaired) electrons. The number of anilines is 2. The minimum Gasteiger partial charge on any atom is -0.450 e. The molecule has 0 fully saturated rings. The van der Waals surface area contributed by atoms with E-state index in [9.17, 15) is 9.18 Å². The lowest BCUT2D eigenvalue weighted by atomic mass is 10.1. The number of para-hydroxylation sites is 1. The Morgan fingerprint density at radius 1 is 1.17 bits per heavy atom. The van der Waals surface area contributed by atoms with Gasteiger partial charge in [-0.25, -0.2) is 14.2 Å². The average molecular weight is 403 g/mol. The van der Waals surface area contributed by atoms with Crippen LogP contribution >= 0.6 is 0 Å². The van der Waals surface area contributed by atoms with Crippen molar-refractivity contribution in [3.63, 3.8) is 0 Å². The predicted molar refractivity (Wildman–Crippen MR) is 114 cm³/mol. The molecular weight excluding hydrogens is 383 g/mol. The van der Waals surface area contributed by atoms with Crippen LogP contribution in [0.5, 0.6) is 0 Å². The van der Waals surface area contributed by atoms with Crippen LogP contribution in [0.25, 0.3) is 16.7 Å². The van der Waals surface area contributed by atoms with Crippen LogP contribution in [-0.4, -0.2) is 22.3 Å². The highest BCUT2D eigenvalue weighted by molar-refractivity contribution is 5.88. The maximum absolute atomic E-state index is 13.3. The number of ether oxygens (including phenoxy) is 1. The molecule has 2 heterocycles. The summed E-state index contributed by atoms with van der Waals surface area (Å²) in [4.78, 5) is 16.2. The maximum Gasteiger partial charge on any atom is 0.411 e. The third-order valence-corrected chi connectivity index (χ3v) is 4.63. The fraction of sp³-hybridized carbons (Fsp3) is 0.130. The molecule has 0 bridgehead atoms. The molecule has 4 aromatic rings. The van der Waals surface area contributed by atoms with Crippen molar-refractivity contribution in [3.8, 4) is 5.82 Å². The first-order chi connectivity index (χ1) is 14.5. The molecule has 0 aliphatic carbocycles. The number of nitrogens with one attached hydrogen (secondary N) is 1. The van der Waals surface area contributed by atoms with Gasteiger partial charge in [-0.05, 0) is 42.8 Å². The van der Waals surface area contributed by atoms with Gasteiger partial charge in [-0.2, -0.15) is 0 Å². The van der Waals surface area contributed by atoms with Gasteiger partial charge in [0.2, 0.25) is 0 Å². The highest BCUT2D eigenvalue weighted by Crippen LogP contribution is 2.27. The predicted octanol–water partition coefficient (Wildman–Crippen LogP) is 4.71. The highest BCUT2D eigenvalue weighted by Gasteiger charge is 2.15. The van der Waals surface area contributed by atoms with Gasteiger partial charge in [-0.15, -0.1) is 0 Å². The zero-order valence-electron chi connectivity index (χ0n) is 16.4. The standard InChI is InChI=1S/C23H20FN4O2/c1-2-30-23(29)26-19-11-12-21(27-22(19)25)28-18(13-15-7-9-17(24)10-8-15)14-16-5-3-4-6-20(16)28/h3-12H,2,13H2,1H3,(H2,25,27)(H,26,29). The van der Waals surface area contributed by atoms with Crippen LogP contribution < -0.4 is 11.1 Å². The van der Waals surface area contributed by atoms with Crippen LogP contribution in [0.15, 0.2) is 60.7 Å².